The van der Waals surface area contributed by atoms with Crippen molar-refractivity contribution in [2.24, 2.45) is 0 Å². The Morgan fingerprint density at radius 3 is 1.94 bits per heavy atom. The second kappa shape index (κ2) is 8.83. The molecule has 0 atom stereocenters. The number of anilines is 2. The molecule has 5 rings (SSSR count). The van der Waals surface area contributed by atoms with Crippen molar-refractivity contribution in [3.05, 3.63) is 102 Å². The van der Waals surface area contributed by atoms with Crippen LogP contribution in [-0.2, 0) is 9.59 Å². The minimum atomic E-state index is -0.457. The van der Waals surface area contributed by atoms with E-state index >= 15 is 0 Å². The van der Waals surface area contributed by atoms with Crippen LogP contribution in [0.1, 0.15) is 11.1 Å². The largest absolute Gasteiger partial charge is 0.368 e. The Kier molecular flexibility index (Phi) is 5.56. The lowest BCUT2D eigenvalue weighted by Gasteiger charge is -2.37. The summed E-state index contributed by atoms with van der Waals surface area (Å²) in [6, 6.07) is 24.1. The number of amides is 2. The number of hydrogen-bond donors (Lipinski definition) is 0. The summed E-state index contributed by atoms with van der Waals surface area (Å²) in [5.74, 6) is -1.29. The zero-order valence-electron chi connectivity index (χ0n) is 18.3. The molecule has 2 amide bonds. The predicted octanol–water partition coefficient (Wildman–Crippen LogP) is 3.80. The summed E-state index contributed by atoms with van der Waals surface area (Å²) in [5.41, 5.74) is 3.04. The van der Waals surface area contributed by atoms with E-state index in [2.05, 4.69) is 17.0 Å². The first-order valence-corrected chi connectivity index (χ1v) is 11.0. The molecule has 3 aromatic rings. The van der Waals surface area contributed by atoms with Gasteiger partial charge in [-0.05, 0) is 54.1 Å². The molecular formula is C27H21FN4O2. The van der Waals surface area contributed by atoms with Gasteiger partial charge in [0.1, 0.15) is 11.5 Å². The number of carbonyl (C=O) groups excluding carboxylic acids is 2. The number of carbonyl (C=O) groups is 2. The lowest BCUT2D eigenvalue weighted by atomic mass is 10.0. The molecule has 3 aromatic carbocycles. The summed E-state index contributed by atoms with van der Waals surface area (Å²) in [6.45, 7) is 2.52. The molecular weight excluding hydrogens is 431 g/mol. The highest BCUT2D eigenvalue weighted by Crippen LogP contribution is 2.35. The number of rotatable bonds is 4. The lowest BCUT2D eigenvalue weighted by Crippen LogP contribution is -2.47. The molecule has 1 saturated heterocycles. The minimum Gasteiger partial charge on any atom is -0.368 e. The minimum absolute atomic E-state index is 0.266. The van der Waals surface area contributed by atoms with Crippen LogP contribution in [0.25, 0.3) is 5.57 Å². The maximum atomic E-state index is 13.6. The maximum absolute atomic E-state index is 13.6. The second-order valence-corrected chi connectivity index (χ2v) is 8.14. The van der Waals surface area contributed by atoms with Crippen LogP contribution in [0.4, 0.5) is 15.8 Å². The fraction of sp³-hybridized carbons (Fsp3) is 0.148. The molecule has 7 heteroatoms. The number of imide groups is 1. The van der Waals surface area contributed by atoms with Crippen LogP contribution in [0.3, 0.4) is 0 Å². The Balaban J connectivity index is 1.50. The Morgan fingerprint density at radius 1 is 0.706 bits per heavy atom. The predicted molar refractivity (Wildman–Crippen MR) is 127 cm³/mol. The van der Waals surface area contributed by atoms with Crippen molar-refractivity contribution in [2.45, 2.75) is 0 Å². The zero-order chi connectivity index (χ0) is 23.7. The molecule has 2 aliphatic heterocycles. The van der Waals surface area contributed by atoms with Crippen LogP contribution >= 0.6 is 0 Å². The Hall–Kier alpha value is -4.44. The number of halogens is 1. The van der Waals surface area contributed by atoms with E-state index in [0.717, 1.165) is 10.6 Å². The molecule has 0 N–H and O–H groups in total. The zero-order valence-corrected chi connectivity index (χ0v) is 18.3. The topological polar surface area (TPSA) is 67.7 Å². The quantitative estimate of drug-likeness (QED) is 0.564. The van der Waals surface area contributed by atoms with E-state index in [-0.39, 0.29) is 5.57 Å². The molecule has 0 aromatic heterocycles. The summed E-state index contributed by atoms with van der Waals surface area (Å²) < 4.78 is 13.6. The fourth-order valence-corrected chi connectivity index (χ4v) is 4.43. The van der Waals surface area contributed by atoms with Crippen LogP contribution in [0.5, 0.6) is 0 Å². The first-order valence-electron chi connectivity index (χ1n) is 11.0. The molecule has 0 spiro atoms. The van der Waals surface area contributed by atoms with E-state index in [1.165, 1.54) is 24.3 Å². The van der Waals surface area contributed by atoms with Gasteiger partial charge in [0.25, 0.3) is 11.8 Å². The van der Waals surface area contributed by atoms with Crippen molar-refractivity contribution in [3.8, 4) is 6.07 Å². The maximum Gasteiger partial charge on any atom is 0.282 e. The van der Waals surface area contributed by atoms with Crippen LogP contribution in [-0.4, -0.2) is 42.9 Å². The number of para-hydroxylation sites is 1. The van der Waals surface area contributed by atoms with E-state index in [4.69, 9.17) is 5.26 Å². The molecule has 0 aliphatic carbocycles. The molecule has 2 heterocycles. The molecule has 0 unspecified atom stereocenters. The molecule has 34 heavy (non-hydrogen) atoms. The average molecular weight is 452 g/mol. The fourth-order valence-electron chi connectivity index (χ4n) is 4.43. The van der Waals surface area contributed by atoms with Gasteiger partial charge in [0.05, 0.1) is 22.9 Å². The first kappa shape index (κ1) is 21.4. The molecule has 2 aliphatic rings. The third-order valence-corrected chi connectivity index (χ3v) is 6.16. The number of benzene rings is 3. The van der Waals surface area contributed by atoms with Crippen molar-refractivity contribution in [2.75, 3.05) is 36.0 Å². The van der Waals surface area contributed by atoms with E-state index in [1.54, 1.807) is 24.3 Å². The van der Waals surface area contributed by atoms with Gasteiger partial charge in [-0.3, -0.25) is 9.59 Å². The van der Waals surface area contributed by atoms with Crippen LogP contribution < -0.4 is 9.80 Å². The van der Waals surface area contributed by atoms with Gasteiger partial charge in [0.15, 0.2) is 0 Å². The van der Waals surface area contributed by atoms with Gasteiger partial charge in [-0.1, -0.05) is 30.3 Å². The molecule has 0 bridgehead atoms. The third kappa shape index (κ3) is 3.80. The van der Waals surface area contributed by atoms with Gasteiger partial charge in [0.2, 0.25) is 0 Å². The summed E-state index contributed by atoms with van der Waals surface area (Å²) in [7, 11) is 0. The SMILES string of the molecule is N#Cc1ccc(N2C(=O)C(c3ccc(F)cc3)=C(N3CCN(c4ccccc4)CC3)C2=O)cc1. The van der Waals surface area contributed by atoms with E-state index in [9.17, 15) is 14.0 Å². The van der Waals surface area contributed by atoms with Gasteiger partial charge < -0.3 is 9.80 Å². The molecule has 6 nitrogen and oxygen atoms in total. The standard InChI is InChI=1S/C27H21FN4O2/c28-21-10-8-20(9-11-21)24-25(31-16-14-30(15-17-31)22-4-2-1-3-5-22)27(34)32(26(24)33)23-12-6-19(18-29)7-13-23/h1-13H,14-17H2. The monoisotopic (exact) mass is 452 g/mol. The Bertz CT molecular complexity index is 1300. The van der Waals surface area contributed by atoms with Gasteiger partial charge >= 0.3 is 0 Å². The summed E-state index contributed by atoms with van der Waals surface area (Å²) in [6.07, 6.45) is 0. The number of piperazine rings is 1. The van der Waals surface area contributed by atoms with Gasteiger partial charge in [-0.2, -0.15) is 5.26 Å². The van der Waals surface area contributed by atoms with Crippen molar-refractivity contribution in [3.63, 3.8) is 0 Å². The smallest absolute Gasteiger partial charge is 0.282 e. The van der Waals surface area contributed by atoms with Gasteiger partial charge in [-0.15, -0.1) is 0 Å². The van der Waals surface area contributed by atoms with Crippen molar-refractivity contribution >= 4 is 28.8 Å². The summed E-state index contributed by atoms with van der Waals surface area (Å²) in [4.78, 5) is 32.5. The number of nitrogens with zero attached hydrogens (tertiary/aromatic N) is 4. The summed E-state index contributed by atoms with van der Waals surface area (Å²) >= 11 is 0. The molecule has 168 valence electrons. The van der Waals surface area contributed by atoms with Crippen molar-refractivity contribution in [1.29, 1.82) is 5.26 Å². The summed E-state index contributed by atoms with van der Waals surface area (Å²) in [5, 5.41) is 9.08. The number of hydrogen-bond acceptors (Lipinski definition) is 5. The Morgan fingerprint density at radius 2 is 1.32 bits per heavy atom. The third-order valence-electron chi connectivity index (χ3n) is 6.16. The van der Waals surface area contributed by atoms with E-state index in [1.807, 2.05) is 29.2 Å². The van der Waals surface area contributed by atoms with Gasteiger partial charge in [-0.25, -0.2) is 9.29 Å². The van der Waals surface area contributed by atoms with Crippen LogP contribution in [0.2, 0.25) is 0 Å². The van der Waals surface area contributed by atoms with Crippen LogP contribution in [0, 0.1) is 17.1 Å². The average Bonchev–Trinajstić information content (AvgIpc) is 3.15. The van der Waals surface area contributed by atoms with E-state index < -0.39 is 17.6 Å². The number of nitriles is 1. The highest BCUT2D eigenvalue weighted by atomic mass is 19.1. The van der Waals surface area contributed by atoms with E-state index in [0.29, 0.717) is 48.7 Å². The highest BCUT2D eigenvalue weighted by molar-refractivity contribution is 6.45. The molecule has 1 fully saturated rings. The highest BCUT2D eigenvalue weighted by Gasteiger charge is 2.43. The first-order chi connectivity index (χ1) is 16.6. The normalized spacial score (nSPS) is 16.3. The lowest BCUT2D eigenvalue weighted by molar-refractivity contribution is -0.120. The Labute approximate surface area is 196 Å². The van der Waals surface area contributed by atoms with Crippen molar-refractivity contribution in [1.82, 2.24) is 4.90 Å². The van der Waals surface area contributed by atoms with Gasteiger partial charge in [0, 0.05) is 31.9 Å². The van der Waals surface area contributed by atoms with Crippen LogP contribution in [0.15, 0.2) is 84.6 Å². The molecule has 0 radical (unpaired) electrons. The second-order valence-electron chi connectivity index (χ2n) is 8.14. The molecule has 0 saturated carbocycles. The van der Waals surface area contributed by atoms with Crippen molar-refractivity contribution < 1.29 is 14.0 Å².